The first-order valence-electron chi connectivity index (χ1n) is 10.2. The number of carbonyl (C=O) groups is 3. The van der Waals surface area contributed by atoms with Gasteiger partial charge in [-0.3, -0.25) is 4.79 Å². The quantitative estimate of drug-likeness (QED) is 0.157. The summed E-state index contributed by atoms with van der Waals surface area (Å²) in [5, 5.41) is 10.3. The first kappa shape index (κ1) is 29.4. The third-order valence-corrected chi connectivity index (χ3v) is 4.39. The van der Waals surface area contributed by atoms with Gasteiger partial charge in [-0.25, -0.2) is 4.79 Å². The predicted octanol–water partition coefficient (Wildman–Crippen LogP) is 0.00880. The maximum atomic E-state index is 11.5. The number of carboxylic acids is 1. The molecule has 0 rings (SSSR count). The number of hydrogen-bond acceptors (Lipinski definition) is 6. The normalized spacial score (nSPS) is 11.5. The molecule has 0 amide bonds. The van der Waals surface area contributed by atoms with Crippen LogP contribution in [-0.2, 0) is 19.1 Å². The van der Waals surface area contributed by atoms with E-state index in [1.807, 2.05) is 0 Å². The predicted molar refractivity (Wildman–Crippen MR) is 99.0 cm³/mol. The molecule has 0 aromatic carbocycles. The van der Waals surface area contributed by atoms with Crippen LogP contribution in [0, 0.1) is 0 Å². The van der Waals surface area contributed by atoms with E-state index in [1.165, 1.54) is 64.2 Å². The van der Waals surface area contributed by atoms with Crippen LogP contribution in [0.1, 0.15) is 103 Å². The van der Waals surface area contributed by atoms with Crippen LogP contribution in [0.5, 0.6) is 0 Å². The Hall–Kier alpha value is 0.206. The van der Waals surface area contributed by atoms with Crippen LogP contribution in [0.25, 0.3) is 0 Å². The average molecular weight is 410 g/mol. The second kappa shape index (κ2) is 20.9. The number of unbranched alkanes of at least 4 members (excludes halogenated alkanes) is 12. The van der Waals surface area contributed by atoms with Crippen LogP contribution in [0.4, 0.5) is 0 Å². The molecule has 0 fully saturated rings. The minimum Gasteiger partial charge on any atom is -0.550 e. The van der Waals surface area contributed by atoms with Crippen molar-refractivity contribution in [3.8, 4) is 0 Å². The van der Waals surface area contributed by atoms with Gasteiger partial charge in [-0.05, 0) is 6.42 Å². The van der Waals surface area contributed by atoms with Crippen molar-refractivity contribution in [3.63, 3.8) is 0 Å². The molecule has 0 spiro atoms. The van der Waals surface area contributed by atoms with Gasteiger partial charge in [-0.2, -0.15) is 0 Å². The number of nitrogens with two attached hydrogens (primary N) is 1. The Balaban J connectivity index is 0. The van der Waals surface area contributed by atoms with Crippen molar-refractivity contribution in [2.45, 2.75) is 109 Å². The second-order valence-electron chi connectivity index (χ2n) is 6.97. The SMILES string of the molecule is CCCCCCCCCCCCCCCC(=O)OC(=O)C(N)CC(=O)[O-].[K+]. The summed E-state index contributed by atoms with van der Waals surface area (Å²) in [7, 11) is 0. The fraction of sp³-hybridized carbons (Fsp3) is 0.850. The molecule has 152 valence electrons. The molecule has 0 aliphatic heterocycles. The average Bonchev–Trinajstić information content (AvgIpc) is 2.58. The summed E-state index contributed by atoms with van der Waals surface area (Å²) in [6.45, 7) is 2.23. The van der Waals surface area contributed by atoms with Gasteiger partial charge in [0.1, 0.15) is 6.04 Å². The number of carbonyl (C=O) groups excluding carboxylic acids is 3. The fourth-order valence-corrected chi connectivity index (χ4v) is 2.79. The van der Waals surface area contributed by atoms with Crippen molar-refractivity contribution < 1.29 is 75.6 Å². The number of aliphatic carboxylic acids is 1. The van der Waals surface area contributed by atoms with Gasteiger partial charge in [0.25, 0.3) is 0 Å². The largest absolute Gasteiger partial charge is 1.00 e. The van der Waals surface area contributed by atoms with E-state index in [4.69, 9.17) is 5.73 Å². The van der Waals surface area contributed by atoms with Crippen LogP contribution in [0.2, 0.25) is 0 Å². The molecule has 0 saturated carbocycles. The monoisotopic (exact) mass is 409 g/mol. The Bertz CT molecular complexity index is 404. The van der Waals surface area contributed by atoms with Crippen molar-refractivity contribution in [1.82, 2.24) is 0 Å². The van der Waals surface area contributed by atoms with Gasteiger partial charge in [-0.15, -0.1) is 0 Å². The molecule has 6 nitrogen and oxygen atoms in total. The minimum absolute atomic E-state index is 0. The van der Waals surface area contributed by atoms with E-state index in [0.29, 0.717) is 6.42 Å². The van der Waals surface area contributed by atoms with Crippen molar-refractivity contribution in [2.75, 3.05) is 0 Å². The Labute approximate surface area is 206 Å². The molecule has 7 heteroatoms. The fourth-order valence-electron chi connectivity index (χ4n) is 2.79. The van der Waals surface area contributed by atoms with Crippen LogP contribution in [0.3, 0.4) is 0 Å². The zero-order chi connectivity index (χ0) is 19.6. The van der Waals surface area contributed by atoms with Crippen molar-refractivity contribution >= 4 is 17.9 Å². The second-order valence-corrected chi connectivity index (χ2v) is 6.97. The number of ether oxygens (including phenoxy) is 1. The topological polar surface area (TPSA) is 110 Å². The zero-order valence-corrected chi connectivity index (χ0v) is 20.4. The van der Waals surface area contributed by atoms with Crippen LogP contribution in [-0.4, -0.2) is 23.9 Å². The summed E-state index contributed by atoms with van der Waals surface area (Å²) in [6.07, 6.45) is 15.2. The molecule has 0 heterocycles. The van der Waals surface area contributed by atoms with E-state index < -0.39 is 30.4 Å². The van der Waals surface area contributed by atoms with E-state index >= 15 is 0 Å². The van der Waals surface area contributed by atoms with Crippen molar-refractivity contribution in [1.29, 1.82) is 0 Å². The summed E-state index contributed by atoms with van der Waals surface area (Å²) >= 11 is 0. The summed E-state index contributed by atoms with van der Waals surface area (Å²) in [5.74, 6) is -3.10. The summed E-state index contributed by atoms with van der Waals surface area (Å²) in [5.41, 5.74) is 5.29. The van der Waals surface area contributed by atoms with Crippen LogP contribution >= 0.6 is 0 Å². The van der Waals surface area contributed by atoms with Gasteiger partial charge in [0, 0.05) is 18.8 Å². The van der Waals surface area contributed by atoms with Crippen LogP contribution in [0.15, 0.2) is 0 Å². The number of esters is 2. The van der Waals surface area contributed by atoms with Gasteiger partial charge in [0.05, 0.1) is 0 Å². The first-order chi connectivity index (χ1) is 12.5. The molecule has 0 aromatic heterocycles. The van der Waals surface area contributed by atoms with Gasteiger partial charge >= 0.3 is 63.3 Å². The summed E-state index contributed by atoms with van der Waals surface area (Å²) in [6, 6.07) is -1.35. The summed E-state index contributed by atoms with van der Waals surface area (Å²) in [4.78, 5) is 33.2. The standard InChI is InChI=1S/C20H37NO5.K/c1-2-3-4-5-6-7-8-9-10-11-12-13-14-15-19(24)26-20(25)17(21)16-18(22)23;/h17H,2-16,21H2,1H3,(H,22,23);/q;+1/p-1. The molecule has 1 atom stereocenters. The third-order valence-electron chi connectivity index (χ3n) is 4.39. The van der Waals surface area contributed by atoms with Crippen molar-refractivity contribution in [2.24, 2.45) is 5.73 Å². The maximum Gasteiger partial charge on any atom is 1.00 e. The maximum absolute atomic E-state index is 11.5. The van der Waals surface area contributed by atoms with E-state index in [9.17, 15) is 19.5 Å². The van der Waals surface area contributed by atoms with Crippen LogP contribution < -0.4 is 62.2 Å². The van der Waals surface area contributed by atoms with Gasteiger partial charge in [-0.1, -0.05) is 84.0 Å². The first-order valence-corrected chi connectivity index (χ1v) is 10.2. The molecule has 27 heavy (non-hydrogen) atoms. The Kier molecular flexibility index (Phi) is 22.8. The van der Waals surface area contributed by atoms with E-state index in [-0.39, 0.29) is 57.8 Å². The Morgan fingerprint density at radius 3 is 1.63 bits per heavy atom. The van der Waals surface area contributed by atoms with Gasteiger partial charge < -0.3 is 20.4 Å². The minimum atomic E-state index is -1.45. The third kappa shape index (κ3) is 20.7. The number of hydrogen-bond donors (Lipinski definition) is 1. The smallest absolute Gasteiger partial charge is 0.550 e. The molecule has 0 radical (unpaired) electrons. The number of carboxylic acid groups (broad SMARTS) is 1. The molecule has 0 aliphatic carbocycles. The Morgan fingerprint density at radius 1 is 0.815 bits per heavy atom. The molecule has 0 aliphatic rings. The van der Waals surface area contributed by atoms with E-state index in [1.54, 1.807) is 0 Å². The van der Waals surface area contributed by atoms with Gasteiger partial charge in [0.2, 0.25) is 0 Å². The molecule has 0 bridgehead atoms. The van der Waals surface area contributed by atoms with Crippen molar-refractivity contribution in [3.05, 3.63) is 0 Å². The molecule has 1 unspecified atom stereocenters. The molecular formula is C20H36KNO5. The van der Waals surface area contributed by atoms with Gasteiger partial charge in [0.15, 0.2) is 0 Å². The molecule has 0 saturated heterocycles. The zero-order valence-electron chi connectivity index (χ0n) is 17.3. The molecule has 0 aromatic rings. The van der Waals surface area contributed by atoms with E-state index in [2.05, 4.69) is 11.7 Å². The Morgan fingerprint density at radius 2 is 1.22 bits per heavy atom. The molecule has 2 N–H and O–H groups in total. The summed E-state index contributed by atoms with van der Waals surface area (Å²) < 4.78 is 4.53. The molecular weight excluding hydrogens is 373 g/mol. The van der Waals surface area contributed by atoms with E-state index in [0.717, 1.165) is 12.8 Å². The number of rotatable bonds is 17.